The Morgan fingerprint density at radius 1 is 1.00 bits per heavy atom. The largest absolute Gasteiger partial charge is 0.416 e. The summed E-state index contributed by atoms with van der Waals surface area (Å²) in [7, 11) is 0. The number of pyridine rings is 1. The first-order valence-electron chi connectivity index (χ1n) is 5.97. The van der Waals surface area contributed by atoms with E-state index in [-0.39, 0.29) is 17.3 Å². The monoisotopic (exact) mass is 291 g/mol. The average Bonchev–Trinajstić information content (AvgIpc) is 2.97. The van der Waals surface area contributed by atoms with Gasteiger partial charge >= 0.3 is 6.18 Å². The van der Waals surface area contributed by atoms with Crippen LogP contribution in [0.25, 0.3) is 23.0 Å². The molecular formula is C14H8F3N3O. The Labute approximate surface area is 117 Å². The third-order valence-corrected chi connectivity index (χ3v) is 2.76. The standard InChI is InChI=1S/C14H8F3N3O/c15-14(16,17)10-5-3-4-9(8-10)12-19-13(21-20-12)11-6-1-2-7-18-11/h1-8H. The van der Waals surface area contributed by atoms with E-state index in [1.165, 1.54) is 12.1 Å². The van der Waals surface area contributed by atoms with E-state index in [4.69, 9.17) is 4.52 Å². The molecule has 2 aromatic heterocycles. The van der Waals surface area contributed by atoms with E-state index in [1.807, 2.05) is 0 Å². The summed E-state index contributed by atoms with van der Waals surface area (Å²) in [5.74, 6) is 0.241. The Hall–Kier alpha value is -2.70. The van der Waals surface area contributed by atoms with Crippen molar-refractivity contribution in [1.29, 1.82) is 0 Å². The number of benzene rings is 1. The van der Waals surface area contributed by atoms with Crippen LogP contribution in [0.1, 0.15) is 5.56 Å². The van der Waals surface area contributed by atoms with Gasteiger partial charge in [-0.1, -0.05) is 23.4 Å². The SMILES string of the molecule is FC(F)(F)c1cccc(-c2noc(-c3ccccn3)n2)c1. The first kappa shape index (κ1) is 13.3. The predicted octanol–water partition coefficient (Wildman–Crippen LogP) is 3.82. The molecule has 7 heteroatoms. The van der Waals surface area contributed by atoms with Crippen LogP contribution in [0.3, 0.4) is 0 Å². The zero-order chi connectivity index (χ0) is 14.9. The molecule has 0 N–H and O–H groups in total. The number of hydrogen-bond donors (Lipinski definition) is 0. The van der Waals surface area contributed by atoms with Gasteiger partial charge in [0.25, 0.3) is 5.89 Å². The smallest absolute Gasteiger partial charge is 0.332 e. The summed E-state index contributed by atoms with van der Waals surface area (Å²) in [6.07, 6.45) is -2.85. The van der Waals surface area contributed by atoms with Crippen molar-refractivity contribution in [3.63, 3.8) is 0 Å². The van der Waals surface area contributed by atoms with Crippen molar-refractivity contribution in [2.75, 3.05) is 0 Å². The first-order valence-corrected chi connectivity index (χ1v) is 5.97. The molecule has 2 heterocycles. The van der Waals surface area contributed by atoms with E-state index in [0.29, 0.717) is 5.69 Å². The summed E-state index contributed by atoms with van der Waals surface area (Å²) < 4.78 is 43.1. The van der Waals surface area contributed by atoms with Crippen LogP contribution in [0.2, 0.25) is 0 Å². The topological polar surface area (TPSA) is 51.8 Å². The van der Waals surface area contributed by atoms with E-state index in [9.17, 15) is 13.2 Å². The van der Waals surface area contributed by atoms with Gasteiger partial charge in [0.15, 0.2) is 0 Å². The minimum absolute atomic E-state index is 0.0850. The highest BCUT2D eigenvalue weighted by Crippen LogP contribution is 2.31. The molecule has 0 spiro atoms. The van der Waals surface area contributed by atoms with Crippen LogP contribution in [0.5, 0.6) is 0 Å². The molecule has 21 heavy (non-hydrogen) atoms. The van der Waals surface area contributed by atoms with Gasteiger partial charge in [0.05, 0.1) is 5.56 Å². The summed E-state index contributed by atoms with van der Waals surface area (Å²) in [5.41, 5.74) is -0.0665. The number of alkyl halides is 3. The molecule has 0 radical (unpaired) electrons. The number of nitrogens with zero attached hydrogens (tertiary/aromatic N) is 3. The number of halogens is 3. The molecule has 3 rings (SSSR count). The highest BCUT2D eigenvalue weighted by molar-refractivity contribution is 5.58. The lowest BCUT2D eigenvalue weighted by atomic mass is 10.1. The van der Waals surface area contributed by atoms with Gasteiger partial charge in [0.2, 0.25) is 5.82 Å². The Balaban J connectivity index is 1.97. The normalized spacial score (nSPS) is 11.6. The van der Waals surface area contributed by atoms with Gasteiger partial charge in [0.1, 0.15) is 5.69 Å². The summed E-state index contributed by atoms with van der Waals surface area (Å²) in [6, 6.07) is 9.90. The Kier molecular flexibility index (Phi) is 3.17. The zero-order valence-corrected chi connectivity index (χ0v) is 10.5. The molecule has 3 aromatic rings. The molecule has 0 saturated carbocycles. The van der Waals surface area contributed by atoms with E-state index >= 15 is 0 Å². The fourth-order valence-corrected chi connectivity index (χ4v) is 1.77. The second-order valence-corrected chi connectivity index (χ2v) is 4.22. The fraction of sp³-hybridized carbons (Fsp3) is 0.0714. The average molecular weight is 291 g/mol. The van der Waals surface area contributed by atoms with Gasteiger partial charge in [-0.3, -0.25) is 4.98 Å². The first-order chi connectivity index (χ1) is 10.0. The van der Waals surface area contributed by atoms with Crippen molar-refractivity contribution in [1.82, 2.24) is 15.1 Å². The van der Waals surface area contributed by atoms with Gasteiger partial charge in [-0.05, 0) is 24.3 Å². The van der Waals surface area contributed by atoms with E-state index in [2.05, 4.69) is 15.1 Å². The molecule has 0 saturated heterocycles. The lowest BCUT2D eigenvalue weighted by molar-refractivity contribution is -0.137. The van der Waals surface area contributed by atoms with Crippen LogP contribution in [-0.4, -0.2) is 15.1 Å². The molecule has 0 amide bonds. The molecular weight excluding hydrogens is 283 g/mol. The molecule has 0 aliphatic rings. The molecule has 0 aliphatic carbocycles. The zero-order valence-electron chi connectivity index (χ0n) is 10.5. The fourth-order valence-electron chi connectivity index (χ4n) is 1.77. The number of aromatic nitrogens is 3. The number of hydrogen-bond acceptors (Lipinski definition) is 4. The predicted molar refractivity (Wildman–Crippen MR) is 68.0 cm³/mol. The van der Waals surface area contributed by atoms with Gasteiger partial charge in [-0.2, -0.15) is 18.2 Å². The summed E-state index contributed by atoms with van der Waals surface area (Å²) in [6.45, 7) is 0. The van der Waals surface area contributed by atoms with Crippen molar-refractivity contribution in [2.24, 2.45) is 0 Å². The van der Waals surface area contributed by atoms with Crippen molar-refractivity contribution in [3.8, 4) is 23.0 Å². The van der Waals surface area contributed by atoms with Gasteiger partial charge in [-0.15, -0.1) is 0 Å². The van der Waals surface area contributed by atoms with Crippen molar-refractivity contribution in [3.05, 3.63) is 54.2 Å². The second-order valence-electron chi connectivity index (χ2n) is 4.22. The van der Waals surface area contributed by atoms with Crippen LogP contribution in [0, 0.1) is 0 Å². The number of rotatable bonds is 2. The summed E-state index contributed by atoms with van der Waals surface area (Å²) in [4.78, 5) is 8.10. The van der Waals surface area contributed by atoms with Gasteiger partial charge < -0.3 is 4.52 Å². The molecule has 0 unspecified atom stereocenters. The van der Waals surface area contributed by atoms with Crippen LogP contribution < -0.4 is 0 Å². The quantitative estimate of drug-likeness (QED) is 0.720. The van der Waals surface area contributed by atoms with Crippen LogP contribution in [0.4, 0.5) is 13.2 Å². The highest BCUT2D eigenvalue weighted by Gasteiger charge is 2.30. The van der Waals surface area contributed by atoms with Crippen molar-refractivity contribution >= 4 is 0 Å². The molecule has 0 bridgehead atoms. The molecule has 0 aliphatic heterocycles. The molecule has 1 aromatic carbocycles. The van der Waals surface area contributed by atoms with Gasteiger partial charge in [0, 0.05) is 11.8 Å². The van der Waals surface area contributed by atoms with Crippen molar-refractivity contribution < 1.29 is 17.7 Å². The maximum Gasteiger partial charge on any atom is 0.416 e. The molecule has 0 fully saturated rings. The van der Waals surface area contributed by atoms with E-state index in [0.717, 1.165) is 12.1 Å². The molecule has 4 nitrogen and oxygen atoms in total. The minimum Gasteiger partial charge on any atom is -0.332 e. The van der Waals surface area contributed by atoms with E-state index < -0.39 is 11.7 Å². The Morgan fingerprint density at radius 2 is 1.86 bits per heavy atom. The third-order valence-electron chi connectivity index (χ3n) is 2.76. The maximum absolute atomic E-state index is 12.7. The maximum atomic E-state index is 12.7. The molecule has 0 atom stereocenters. The Morgan fingerprint density at radius 3 is 2.57 bits per heavy atom. The lowest BCUT2D eigenvalue weighted by Crippen LogP contribution is -2.04. The van der Waals surface area contributed by atoms with Gasteiger partial charge in [-0.25, -0.2) is 0 Å². The third kappa shape index (κ3) is 2.76. The highest BCUT2D eigenvalue weighted by atomic mass is 19.4. The second kappa shape index (κ2) is 5.01. The minimum atomic E-state index is -4.41. The van der Waals surface area contributed by atoms with E-state index in [1.54, 1.807) is 24.4 Å². The van der Waals surface area contributed by atoms with Crippen LogP contribution in [0.15, 0.2) is 53.2 Å². The molecule has 106 valence electrons. The Bertz CT molecular complexity index is 753. The van der Waals surface area contributed by atoms with Crippen LogP contribution >= 0.6 is 0 Å². The van der Waals surface area contributed by atoms with Crippen LogP contribution in [-0.2, 0) is 6.18 Å². The van der Waals surface area contributed by atoms with Crippen molar-refractivity contribution in [2.45, 2.75) is 6.18 Å². The lowest BCUT2D eigenvalue weighted by Gasteiger charge is -2.06. The summed E-state index contributed by atoms with van der Waals surface area (Å²) in [5, 5.41) is 3.69. The summed E-state index contributed by atoms with van der Waals surface area (Å²) >= 11 is 0.